The number of carbonyl (C=O) groups excluding carboxylic acids is 1. The quantitative estimate of drug-likeness (QED) is 0.0976. The summed E-state index contributed by atoms with van der Waals surface area (Å²) in [5.41, 5.74) is 7.06. The van der Waals surface area contributed by atoms with Crippen molar-refractivity contribution < 1.29 is 9.72 Å². The number of aryl methyl sites for hydroxylation is 1. The van der Waals surface area contributed by atoms with Crippen molar-refractivity contribution in [1.29, 1.82) is 0 Å². The van der Waals surface area contributed by atoms with Crippen LogP contribution in [0.4, 0.5) is 11.4 Å². The molecule has 50 heavy (non-hydrogen) atoms. The first-order valence-electron chi connectivity index (χ1n) is 17.0. The number of fused-ring (bicyclic) bond motifs is 1. The van der Waals surface area contributed by atoms with Gasteiger partial charge in [-0.2, -0.15) is 0 Å². The van der Waals surface area contributed by atoms with Crippen LogP contribution in [0.2, 0.25) is 0 Å². The number of anilines is 1. The van der Waals surface area contributed by atoms with E-state index in [1.165, 1.54) is 0 Å². The minimum absolute atomic E-state index is 0.0499. The zero-order valence-corrected chi connectivity index (χ0v) is 28.8. The van der Waals surface area contributed by atoms with Crippen molar-refractivity contribution in [2.75, 3.05) is 4.90 Å². The van der Waals surface area contributed by atoms with E-state index in [2.05, 4.69) is 112 Å². The van der Waals surface area contributed by atoms with Gasteiger partial charge in [0.25, 0.3) is 11.6 Å². The molecule has 0 aliphatic carbocycles. The minimum atomic E-state index is -0.687. The van der Waals surface area contributed by atoms with Gasteiger partial charge in [0.15, 0.2) is 0 Å². The molecule has 1 aliphatic heterocycles. The summed E-state index contributed by atoms with van der Waals surface area (Å²) in [5.74, 6) is -0.0566. The zero-order chi connectivity index (χ0) is 35.1. The number of hydrogen-bond acceptors (Lipinski definition) is 3. The normalized spacial score (nSPS) is 16.8. The summed E-state index contributed by atoms with van der Waals surface area (Å²) in [6, 6.07) is 53.0. The van der Waals surface area contributed by atoms with Crippen molar-refractivity contribution in [2.45, 2.75) is 50.5 Å². The summed E-state index contributed by atoms with van der Waals surface area (Å²) >= 11 is 0. The minimum Gasteiger partial charge on any atom is -0.302 e. The van der Waals surface area contributed by atoms with Gasteiger partial charge >= 0.3 is 0 Å². The highest BCUT2D eigenvalue weighted by molar-refractivity contribution is 6.08. The summed E-state index contributed by atoms with van der Waals surface area (Å²) in [6.45, 7) is 8.44. The third-order valence-electron chi connectivity index (χ3n) is 10.5. The Kier molecular flexibility index (Phi) is 8.23. The van der Waals surface area contributed by atoms with Gasteiger partial charge in [-0.05, 0) is 78.8 Å². The van der Waals surface area contributed by atoms with Crippen molar-refractivity contribution in [2.24, 2.45) is 0 Å². The number of nitrogens with zero attached hydrogens (tertiary/aromatic N) is 2. The number of amides is 1. The van der Waals surface area contributed by atoms with E-state index in [9.17, 15) is 14.9 Å². The molecule has 6 aromatic rings. The monoisotopic (exact) mass is 656 g/mol. The molecule has 1 atom stereocenters. The topological polar surface area (TPSA) is 63.5 Å². The van der Waals surface area contributed by atoms with E-state index in [1.54, 1.807) is 12.1 Å². The number of rotatable bonds is 7. The average Bonchev–Trinajstić information content (AvgIpc) is 3.13. The Morgan fingerprint density at radius 2 is 1.20 bits per heavy atom. The maximum atomic E-state index is 14.6. The molecule has 1 amide bonds. The van der Waals surface area contributed by atoms with Crippen LogP contribution in [0.1, 0.15) is 76.5 Å². The Bertz CT molecular complexity index is 2080. The highest BCUT2D eigenvalue weighted by atomic mass is 16.6. The van der Waals surface area contributed by atoms with Crippen molar-refractivity contribution in [3.05, 3.63) is 212 Å². The van der Waals surface area contributed by atoms with Gasteiger partial charge in [-0.25, -0.2) is 0 Å². The molecule has 0 saturated heterocycles. The molecule has 5 nitrogen and oxygen atoms in total. The number of benzene rings is 6. The predicted octanol–water partition coefficient (Wildman–Crippen LogP) is 10.4. The fourth-order valence-electron chi connectivity index (χ4n) is 8.34. The molecule has 6 aromatic carbocycles. The Morgan fingerprint density at radius 3 is 1.70 bits per heavy atom. The third-order valence-corrected chi connectivity index (χ3v) is 10.5. The van der Waals surface area contributed by atoms with Crippen molar-refractivity contribution in [3.8, 4) is 0 Å². The largest absolute Gasteiger partial charge is 0.302 e. The molecule has 248 valence electrons. The third kappa shape index (κ3) is 5.39. The van der Waals surface area contributed by atoms with E-state index in [1.807, 2.05) is 66.4 Å². The van der Waals surface area contributed by atoms with Crippen LogP contribution >= 0.6 is 0 Å². The van der Waals surface area contributed by atoms with E-state index < -0.39 is 16.4 Å². The number of carbonyl (C=O) groups is 1. The molecule has 0 bridgehead atoms. The number of nitro benzene ring substituents is 1. The van der Waals surface area contributed by atoms with Gasteiger partial charge in [-0.3, -0.25) is 14.9 Å². The van der Waals surface area contributed by atoms with E-state index in [-0.39, 0.29) is 16.5 Å². The lowest BCUT2D eigenvalue weighted by atomic mass is 9.61. The SMILES string of the molecule is Cc1cccc(C(=O)N2c3ccc(C(c4ccccc4)(c4ccccc4)c4ccccc4)cc3[C@@](C)(c3ccc([N+](=O)[O-])cc3)CC2(C)C)c1. The van der Waals surface area contributed by atoms with Gasteiger partial charge in [0.05, 0.1) is 10.3 Å². The molecule has 0 unspecified atom stereocenters. The first-order valence-corrected chi connectivity index (χ1v) is 17.0. The predicted molar refractivity (Wildman–Crippen MR) is 201 cm³/mol. The Labute approximate surface area is 294 Å². The Balaban J connectivity index is 1.55. The number of hydrogen-bond donors (Lipinski definition) is 0. The molecule has 0 radical (unpaired) electrons. The van der Waals surface area contributed by atoms with E-state index in [4.69, 9.17) is 0 Å². The number of non-ortho nitro benzene ring substituents is 1. The molecular formula is C45H40N2O3. The Morgan fingerprint density at radius 1 is 0.660 bits per heavy atom. The summed E-state index contributed by atoms with van der Waals surface area (Å²) in [7, 11) is 0. The molecule has 0 saturated carbocycles. The summed E-state index contributed by atoms with van der Waals surface area (Å²) < 4.78 is 0. The van der Waals surface area contributed by atoms with Gasteiger partial charge in [0.2, 0.25) is 0 Å². The fourth-order valence-corrected chi connectivity index (χ4v) is 8.34. The molecule has 0 fully saturated rings. The highest BCUT2D eigenvalue weighted by Gasteiger charge is 2.49. The molecule has 7 rings (SSSR count). The summed E-state index contributed by atoms with van der Waals surface area (Å²) in [4.78, 5) is 27.9. The average molecular weight is 657 g/mol. The fraction of sp³-hybridized carbons (Fsp3) is 0.178. The van der Waals surface area contributed by atoms with E-state index >= 15 is 0 Å². The van der Waals surface area contributed by atoms with Crippen LogP contribution in [-0.2, 0) is 10.8 Å². The lowest BCUT2D eigenvalue weighted by molar-refractivity contribution is -0.384. The van der Waals surface area contributed by atoms with E-state index in [0.717, 1.165) is 44.6 Å². The first kappa shape index (κ1) is 32.7. The molecule has 0 spiro atoms. The molecule has 0 aromatic heterocycles. The van der Waals surface area contributed by atoms with Gasteiger partial charge < -0.3 is 4.90 Å². The van der Waals surface area contributed by atoms with Crippen molar-refractivity contribution >= 4 is 17.3 Å². The van der Waals surface area contributed by atoms with Crippen LogP contribution in [-0.4, -0.2) is 16.4 Å². The zero-order valence-electron chi connectivity index (χ0n) is 28.8. The smallest absolute Gasteiger partial charge is 0.269 e. The second-order valence-corrected chi connectivity index (χ2v) is 14.2. The van der Waals surface area contributed by atoms with Gasteiger partial charge in [-0.1, -0.05) is 140 Å². The second kappa shape index (κ2) is 12.6. The lowest BCUT2D eigenvalue weighted by Gasteiger charge is -2.52. The van der Waals surface area contributed by atoms with Crippen LogP contribution < -0.4 is 4.90 Å². The first-order chi connectivity index (χ1) is 24.1. The van der Waals surface area contributed by atoms with Gasteiger partial charge in [0.1, 0.15) is 0 Å². The van der Waals surface area contributed by atoms with Crippen molar-refractivity contribution in [3.63, 3.8) is 0 Å². The molecule has 1 aliphatic rings. The van der Waals surface area contributed by atoms with Crippen LogP contribution in [0.5, 0.6) is 0 Å². The second-order valence-electron chi connectivity index (χ2n) is 14.2. The van der Waals surface area contributed by atoms with Gasteiger partial charge in [0, 0.05) is 34.3 Å². The van der Waals surface area contributed by atoms with Crippen LogP contribution in [0.3, 0.4) is 0 Å². The van der Waals surface area contributed by atoms with E-state index in [0.29, 0.717) is 12.0 Å². The lowest BCUT2D eigenvalue weighted by Crippen LogP contribution is -2.56. The van der Waals surface area contributed by atoms with Crippen LogP contribution in [0, 0.1) is 17.0 Å². The maximum Gasteiger partial charge on any atom is 0.269 e. The molecule has 5 heteroatoms. The van der Waals surface area contributed by atoms with Crippen LogP contribution in [0.15, 0.2) is 158 Å². The van der Waals surface area contributed by atoms with Gasteiger partial charge in [-0.15, -0.1) is 0 Å². The summed E-state index contributed by atoms with van der Waals surface area (Å²) in [5, 5.41) is 11.7. The highest BCUT2D eigenvalue weighted by Crippen LogP contribution is 2.54. The van der Waals surface area contributed by atoms with Crippen molar-refractivity contribution in [1.82, 2.24) is 0 Å². The number of nitro groups is 1. The molecule has 1 heterocycles. The summed E-state index contributed by atoms with van der Waals surface area (Å²) in [6.07, 6.45) is 0.598. The molecular weight excluding hydrogens is 617 g/mol. The van der Waals surface area contributed by atoms with Crippen LogP contribution in [0.25, 0.3) is 0 Å². The molecule has 0 N–H and O–H groups in total. The Hall–Kier alpha value is -5.81. The standard InChI is InChI=1S/C45H40N2O3/c1-32-15-14-16-33(29-32)42(48)46-41-28-25-38(30-40(41)44(4,31-43(46,2)3)34-23-26-39(27-24-34)47(49)50)45(35-17-8-5-9-18-35,36-19-10-6-11-20-36)37-21-12-7-13-22-37/h5-30H,31H2,1-4H3/t44-/m1/s1. The maximum absolute atomic E-state index is 14.6.